The molecule has 0 aromatic carbocycles. The normalized spacial score (nSPS) is 7.71. The fourth-order valence-electron chi connectivity index (χ4n) is 1.11. The van der Waals surface area contributed by atoms with Crippen LogP contribution in [0.3, 0.4) is 0 Å². The van der Waals surface area contributed by atoms with E-state index in [1.165, 1.54) is 0 Å². The molecule has 4 heterocycles. The van der Waals surface area contributed by atoms with Gasteiger partial charge in [0.25, 0.3) is 0 Å². The Labute approximate surface area is 209 Å². The number of nitrogens with zero attached hydrogens (tertiary/aromatic N) is 4. The first-order valence-corrected chi connectivity index (χ1v) is 9.61. The molecule has 5 N–H and O–H groups in total. The van der Waals surface area contributed by atoms with E-state index in [0.717, 1.165) is 0 Å². The molecule has 0 fully saturated rings. The molecule has 0 aliphatic carbocycles. The van der Waals surface area contributed by atoms with Gasteiger partial charge < -0.3 is 36.0 Å². The SMILES string of the molecule is O=S(=O)(O)O.O=[C-]O.[Fe+6].[NH2-].[c-]1ccccn1.[c-]1ccccn1.[c-]1ccccn1.[c-]1ccccn1. The molecule has 0 saturated carbocycles. The maximum Gasteiger partial charge on any atom is 6.00 e. The molecule has 0 atom stereocenters. The van der Waals surface area contributed by atoms with Crippen molar-refractivity contribution in [2.75, 3.05) is 0 Å². The fraction of sp³-hybridized carbons (Fsp3) is 0. The molecule has 0 amide bonds. The standard InChI is InChI=1S/4C5H4N.CHO2.Fe.H2N.H2O4S/c4*1-2-4-6-5-3-1;2-1-3;;;1-5(2,3)4/h4*1-4H;(H,2,3);;1H2;(H2,1,2,3,4)/q5*-1;+6;-1;. The first-order chi connectivity index (χ1) is 15.4. The van der Waals surface area contributed by atoms with Gasteiger partial charge in [0.1, 0.15) is 0 Å². The topological polar surface area (TPSA) is 197 Å². The van der Waals surface area contributed by atoms with Gasteiger partial charge in [-0.2, -0.15) is 81.2 Å². The van der Waals surface area contributed by atoms with E-state index in [2.05, 4.69) is 44.7 Å². The van der Waals surface area contributed by atoms with Crippen LogP contribution in [0.15, 0.2) is 97.6 Å². The Hall–Kier alpha value is -3.58. The van der Waals surface area contributed by atoms with Crippen molar-refractivity contribution in [2.24, 2.45) is 0 Å². The minimum Gasteiger partial charge on any atom is -0.693 e. The van der Waals surface area contributed by atoms with Gasteiger partial charge in [0, 0.05) is 0 Å². The van der Waals surface area contributed by atoms with Crippen LogP contribution in [0.2, 0.25) is 0 Å². The van der Waals surface area contributed by atoms with Crippen LogP contribution >= 0.6 is 0 Å². The summed E-state index contributed by atoms with van der Waals surface area (Å²) in [5, 5.41) is 6.76. The first kappa shape index (κ1) is 37.7. The summed E-state index contributed by atoms with van der Waals surface area (Å²) in [6.07, 6.45) is 17.3. The summed E-state index contributed by atoms with van der Waals surface area (Å²) in [5.41, 5.74) is 0. The first-order valence-electron chi connectivity index (χ1n) is 8.21. The molecule has 11 nitrogen and oxygen atoms in total. The smallest absolute Gasteiger partial charge is 0.693 e. The van der Waals surface area contributed by atoms with Gasteiger partial charge in [-0.1, -0.05) is 56.0 Å². The molecular formula is C21H21FeN5O6S. The van der Waals surface area contributed by atoms with E-state index in [1.807, 2.05) is 48.5 Å². The molecule has 4 aromatic heterocycles. The van der Waals surface area contributed by atoms with Crippen LogP contribution in [0.5, 0.6) is 0 Å². The molecule has 0 radical (unpaired) electrons. The summed E-state index contributed by atoms with van der Waals surface area (Å²) in [6.45, 7) is 0.500. The second kappa shape index (κ2) is 31.6. The third-order valence-electron chi connectivity index (χ3n) is 2.07. The van der Waals surface area contributed by atoms with E-state index in [9.17, 15) is 0 Å². The molecular weight excluding hydrogens is 506 g/mol. The predicted molar refractivity (Wildman–Crippen MR) is 120 cm³/mol. The summed E-state index contributed by atoms with van der Waals surface area (Å²) >= 11 is 0. The van der Waals surface area contributed by atoms with Crippen molar-refractivity contribution < 1.29 is 44.5 Å². The van der Waals surface area contributed by atoms with Gasteiger partial charge in [0.05, 0.1) is 0 Å². The van der Waals surface area contributed by atoms with Crippen LogP contribution in [0, 0.1) is 24.8 Å². The van der Waals surface area contributed by atoms with Crippen LogP contribution in [0.1, 0.15) is 0 Å². The summed E-state index contributed by atoms with van der Waals surface area (Å²) in [5.74, 6) is 0. The average Bonchev–Trinajstić information content (AvgIpc) is 2.84. The van der Waals surface area contributed by atoms with Crippen molar-refractivity contribution in [1.82, 2.24) is 19.9 Å². The monoisotopic (exact) mass is 527 g/mol. The molecule has 4 aromatic rings. The quantitative estimate of drug-likeness (QED) is 0.173. The Kier molecular flexibility index (Phi) is 35.1. The maximum absolute atomic E-state index is 8.74. The minimum absolute atomic E-state index is 0. The van der Waals surface area contributed by atoms with Crippen LogP contribution in [-0.4, -0.2) is 49.0 Å². The van der Waals surface area contributed by atoms with Crippen molar-refractivity contribution in [2.45, 2.75) is 0 Å². The third-order valence-corrected chi connectivity index (χ3v) is 2.07. The number of aliphatic hydroxyl groups excluding tert-OH is 1. The van der Waals surface area contributed by atoms with Gasteiger partial charge >= 0.3 is 27.5 Å². The number of hydrogen-bond acceptors (Lipinski definition) is 7. The van der Waals surface area contributed by atoms with Crippen LogP contribution in [-0.2, 0) is 32.3 Å². The van der Waals surface area contributed by atoms with Crippen LogP contribution in [0.25, 0.3) is 6.15 Å². The summed E-state index contributed by atoms with van der Waals surface area (Å²) in [4.78, 5) is 22.9. The molecule has 0 spiro atoms. The molecule has 0 aliphatic heterocycles. The van der Waals surface area contributed by atoms with Gasteiger partial charge in [-0.05, 0) is 0 Å². The van der Waals surface area contributed by atoms with Crippen molar-refractivity contribution in [3.63, 3.8) is 0 Å². The number of rotatable bonds is 0. The second-order valence-electron chi connectivity index (χ2n) is 4.37. The van der Waals surface area contributed by atoms with Crippen molar-refractivity contribution >= 4 is 16.9 Å². The zero-order valence-electron chi connectivity index (χ0n) is 17.4. The Balaban J connectivity index is -0.000000159. The van der Waals surface area contributed by atoms with Crippen molar-refractivity contribution in [3.05, 3.63) is 129 Å². The molecule has 4 rings (SSSR count). The Morgan fingerprint density at radius 2 is 0.765 bits per heavy atom. The Morgan fingerprint density at radius 3 is 0.794 bits per heavy atom. The molecule has 0 bridgehead atoms. The van der Waals surface area contributed by atoms with E-state index >= 15 is 0 Å². The average molecular weight is 527 g/mol. The van der Waals surface area contributed by atoms with Gasteiger partial charge in [-0.15, -0.1) is 0 Å². The number of nitrogens with two attached hydrogens (primary N) is 1. The molecule has 0 saturated heterocycles. The number of pyridine rings is 4. The zero-order valence-corrected chi connectivity index (χ0v) is 19.4. The largest absolute Gasteiger partial charge is 6.00 e. The van der Waals surface area contributed by atoms with Gasteiger partial charge in [-0.25, -0.2) is 0 Å². The maximum atomic E-state index is 8.74. The van der Waals surface area contributed by atoms with Gasteiger partial charge in [0.15, 0.2) is 0 Å². The van der Waals surface area contributed by atoms with E-state index in [0.29, 0.717) is 6.47 Å². The Morgan fingerprint density at radius 1 is 0.588 bits per heavy atom. The van der Waals surface area contributed by atoms with E-state index < -0.39 is 10.4 Å². The van der Waals surface area contributed by atoms with Gasteiger partial charge in [-0.3, -0.25) is 9.11 Å². The molecule has 0 unspecified atom stereocenters. The fourth-order valence-corrected chi connectivity index (χ4v) is 1.11. The summed E-state index contributed by atoms with van der Waals surface area (Å²) in [7, 11) is -4.67. The molecule has 0 aliphatic rings. The molecule has 13 heteroatoms. The zero-order chi connectivity index (χ0) is 24.2. The van der Waals surface area contributed by atoms with E-state index in [4.69, 9.17) is 27.4 Å². The van der Waals surface area contributed by atoms with Crippen molar-refractivity contribution in [3.8, 4) is 0 Å². The van der Waals surface area contributed by atoms with E-state index in [-0.39, 0.29) is 23.2 Å². The van der Waals surface area contributed by atoms with E-state index in [1.54, 1.807) is 49.1 Å². The number of hydrogen-bond donors (Lipinski definition) is 3. The predicted octanol–water partition coefficient (Wildman–Crippen LogP) is 3.20. The van der Waals surface area contributed by atoms with Gasteiger partial charge in [0.2, 0.25) is 0 Å². The van der Waals surface area contributed by atoms with Crippen molar-refractivity contribution in [1.29, 1.82) is 0 Å². The minimum atomic E-state index is -4.67. The van der Waals surface area contributed by atoms with Crippen LogP contribution < -0.4 is 0 Å². The Bertz CT molecular complexity index is 705. The summed E-state index contributed by atoms with van der Waals surface area (Å²) in [6, 6.07) is 22.0. The molecule has 34 heavy (non-hydrogen) atoms. The molecule has 180 valence electrons. The second-order valence-corrected chi connectivity index (χ2v) is 5.27. The third kappa shape index (κ3) is 51.2. The summed E-state index contributed by atoms with van der Waals surface area (Å²) < 4.78 is 31.6. The van der Waals surface area contributed by atoms with Crippen LogP contribution in [0.4, 0.5) is 0 Å². The number of aromatic nitrogens is 4.